The average molecular weight is 204 g/mol. The molecule has 0 radical (unpaired) electrons. The summed E-state index contributed by atoms with van der Waals surface area (Å²) in [6.07, 6.45) is 3.67. The molecule has 1 heterocycles. The predicted molar refractivity (Wildman–Crippen MR) is 53.1 cm³/mol. The lowest BCUT2D eigenvalue weighted by molar-refractivity contribution is -0.136. The molecular formula is C9H16O3S. The van der Waals surface area contributed by atoms with Gasteiger partial charge in [-0.15, -0.1) is 11.8 Å². The second-order valence-electron chi connectivity index (χ2n) is 3.27. The van der Waals surface area contributed by atoms with Crippen LogP contribution in [0.3, 0.4) is 0 Å². The van der Waals surface area contributed by atoms with Crippen molar-refractivity contribution in [2.45, 2.75) is 37.5 Å². The summed E-state index contributed by atoms with van der Waals surface area (Å²) in [6, 6.07) is 0. The van der Waals surface area contributed by atoms with Crippen LogP contribution in [-0.2, 0) is 9.53 Å². The standard InChI is InChI=1S/C9H16O3S/c1-7(9(10)11)13-6-4-8-3-2-5-12-8/h7-8H,2-6H2,1H3,(H,10,11). The van der Waals surface area contributed by atoms with Gasteiger partial charge in [0, 0.05) is 6.61 Å². The number of rotatable bonds is 5. The fraction of sp³-hybridized carbons (Fsp3) is 0.889. The van der Waals surface area contributed by atoms with Crippen molar-refractivity contribution in [3.8, 4) is 0 Å². The van der Waals surface area contributed by atoms with Crippen molar-refractivity contribution in [3.05, 3.63) is 0 Å². The summed E-state index contributed by atoms with van der Waals surface area (Å²) in [5.74, 6) is 0.162. The third kappa shape index (κ3) is 4.00. The number of carboxylic acid groups (broad SMARTS) is 1. The van der Waals surface area contributed by atoms with Crippen molar-refractivity contribution in [3.63, 3.8) is 0 Å². The Labute approximate surface area is 82.8 Å². The zero-order valence-electron chi connectivity index (χ0n) is 7.86. The van der Waals surface area contributed by atoms with E-state index in [-0.39, 0.29) is 5.25 Å². The molecule has 13 heavy (non-hydrogen) atoms. The Bertz CT molecular complexity index is 166. The van der Waals surface area contributed by atoms with E-state index in [4.69, 9.17) is 9.84 Å². The Morgan fingerprint density at radius 1 is 1.77 bits per heavy atom. The first-order chi connectivity index (χ1) is 6.20. The van der Waals surface area contributed by atoms with Crippen molar-refractivity contribution in [1.82, 2.24) is 0 Å². The smallest absolute Gasteiger partial charge is 0.316 e. The van der Waals surface area contributed by atoms with E-state index >= 15 is 0 Å². The molecule has 4 heteroatoms. The average Bonchev–Trinajstić information content (AvgIpc) is 2.56. The number of aliphatic carboxylic acids is 1. The van der Waals surface area contributed by atoms with Gasteiger partial charge in [0.15, 0.2) is 0 Å². The summed E-state index contributed by atoms with van der Waals surface area (Å²) in [5.41, 5.74) is 0. The quantitative estimate of drug-likeness (QED) is 0.741. The number of thioether (sulfide) groups is 1. The summed E-state index contributed by atoms with van der Waals surface area (Å²) in [7, 11) is 0. The molecule has 2 unspecified atom stereocenters. The summed E-state index contributed by atoms with van der Waals surface area (Å²) in [4.78, 5) is 10.5. The van der Waals surface area contributed by atoms with E-state index < -0.39 is 5.97 Å². The van der Waals surface area contributed by atoms with Crippen LogP contribution in [0, 0.1) is 0 Å². The van der Waals surface area contributed by atoms with E-state index in [1.807, 2.05) is 0 Å². The second kappa shape index (κ2) is 5.50. The van der Waals surface area contributed by atoms with E-state index in [1.165, 1.54) is 11.8 Å². The summed E-state index contributed by atoms with van der Waals surface area (Å²) < 4.78 is 5.43. The van der Waals surface area contributed by atoms with E-state index in [0.29, 0.717) is 6.10 Å². The lowest BCUT2D eigenvalue weighted by Gasteiger charge is -2.10. The van der Waals surface area contributed by atoms with E-state index in [1.54, 1.807) is 6.92 Å². The van der Waals surface area contributed by atoms with Gasteiger partial charge in [0.2, 0.25) is 0 Å². The summed E-state index contributed by atoms with van der Waals surface area (Å²) >= 11 is 1.49. The van der Waals surface area contributed by atoms with Crippen molar-refractivity contribution in [1.29, 1.82) is 0 Å². The number of hydrogen-bond acceptors (Lipinski definition) is 3. The molecule has 0 aromatic rings. The SMILES string of the molecule is CC(SCCC1CCCO1)C(=O)O. The van der Waals surface area contributed by atoms with Crippen LogP contribution < -0.4 is 0 Å². The third-order valence-corrected chi connectivity index (χ3v) is 3.35. The largest absolute Gasteiger partial charge is 0.480 e. The van der Waals surface area contributed by atoms with Gasteiger partial charge in [0.1, 0.15) is 0 Å². The van der Waals surface area contributed by atoms with Crippen molar-refractivity contribution in [2.24, 2.45) is 0 Å². The zero-order chi connectivity index (χ0) is 9.68. The number of ether oxygens (including phenoxy) is 1. The zero-order valence-corrected chi connectivity index (χ0v) is 8.68. The van der Waals surface area contributed by atoms with Crippen LogP contribution in [0.4, 0.5) is 0 Å². The first-order valence-electron chi connectivity index (χ1n) is 4.66. The van der Waals surface area contributed by atoms with Gasteiger partial charge in [-0.2, -0.15) is 0 Å². The maximum atomic E-state index is 10.5. The Balaban J connectivity index is 2.02. The van der Waals surface area contributed by atoms with Gasteiger partial charge >= 0.3 is 5.97 Å². The molecule has 0 spiro atoms. The minimum Gasteiger partial charge on any atom is -0.480 e. The molecule has 1 aliphatic rings. The molecule has 0 aromatic heterocycles. The van der Waals surface area contributed by atoms with Crippen LogP contribution >= 0.6 is 11.8 Å². The molecule has 2 atom stereocenters. The van der Waals surface area contributed by atoms with Gasteiger partial charge in [-0.1, -0.05) is 0 Å². The first-order valence-corrected chi connectivity index (χ1v) is 5.71. The highest BCUT2D eigenvalue weighted by molar-refractivity contribution is 8.00. The third-order valence-electron chi connectivity index (χ3n) is 2.18. The fourth-order valence-corrected chi connectivity index (χ4v) is 2.21. The van der Waals surface area contributed by atoms with Gasteiger partial charge in [-0.25, -0.2) is 0 Å². The molecule has 0 bridgehead atoms. The van der Waals surface area contributed by atoms with Crippen LogP contribution in [-0.4, -0.2) is 34.8 Å². The highest BCUT2D eigenvalue weighted by Crippen LogP contribution is 2.19. The first kappa shape index (κ1) is 10.9. The maximum absolute atomic E-state index is 10.5. The Morgan fingerprint density at radius 3 is 3.08 bits per heavy atom. The van der Waals surface area contributed by atoms with Gasteiger partial charge in [-0.3, -0.25) is 4.79 Å². The maximum Gasteiger partial charge on any atom is 0.316 e. The molecule has 0 saturated carbocycles. The van der Waals surface area contributed by atoms with Crippen LogP contribution in [0.5, 0.6) is 0 Å². The minimum absolute atomic E-state index is 0.290. The highest BCUT2D eigenvalue weighted by atomic mass is 32.2. The molecule has 1 rings (SSSR count). The Morgan fingerprint density at radius 2 is 2.54 bits per heavy atom. The van der Waals surface area contributed by atoms with Gasteiger partial charge in [-0.05, 0) is 31.9 Å². The van der Waals surface area contributed by atoms with Crippen molar-refractivity contribution < 1.29 is 14.6 Å². The summed E-state index contributed by atoms with van der Waals surface area (Å²) in [5, 5.41) is 8.33. The van der Waals surface area contributed by atoms with Gasteiger partial charge in [0.25, 0.3) is 0 Å². The topological polar surface area (TPSA) is 46.5 Å². The second-order valence-corrected chi connectivity index (χ2v) is 4.72. The van der Waals surface area contributed by atoms with Gasteiger partial charge < -0.3 is 9.84 Å². The fourth-order valence-electron chi connectivity index (χ4n) is 1.32. The van der Waals surface area contributed by atoms with E-state index in [2.05, 4.69) is 0 Å². The molecule has 1 aliphatic heterocycles. The normalized spacial score (nSPS) is 24.5. The molecule has 3 nitrogen and oxygen atoms in total. The van der Waals surface area contributed by atoms with Crippen LogP contribution in [0.25, 0.3) is 0 Å². The highest BCUT2D eigenvalue weighted by Gasteiger charge is 2.16. The molecule has 1 saturated heterocycles. The molecule has 0 aromatic carbocycles. The van der Waals surface area contributed by atoms with E-state index in [9.17, 15) is 4.79 Å². The lowest BCUT2D eigenvalue weighted by atomic mass is 10.2. The van der Waals surface area contributed by atoms with Crippen molar-refractivity contribution in [2.75, 3.05) is 12.4 Å². The Kier molecular flexibility index (Phi) is 4.59. The molecule has 0 aliphatic carbocycles. The van der Waals surface area contributed by atoms with Crippen LogP contribution in [0.1, 0.15) is 26.2 Å². The monoisotopic (exact) mass is 204 g/mol. The number of carboxylic acids is 1. The molecular weight excluding hydrogens is 188 g/mol. The lowest BCUT2D eigenvalue weighted by Crippen LogP contribution is -2.14. The summed E-state index contributed by atoms with van der Waals surface area (Å²) in [6.45, 7) is 2.60. The molecule has 0 amide bonds. The van der Waals surface area contributed by atoms with Crippen molar-refractivity contribution >= 4 is 17.7 Å². The molecule has 1 fully saturated rings. The van der Waals surface area contributed by atoms with Crippen LogP contribution in [0.2, 0.25) is 0 Å². The molecule has 76 valence electrons. The predicted octanol–water partition coefficient (Wildman–Crippen LogP) is 1.76. The van der Waals surface area contributed by atoms with Gasteiger partial charge in [0.05, 0.1) is 11.4 Å². The van der Waals surface area contributed by atoms with E-state index in [0.717, 1.165) is 31.6 Å². The molecule has 1 N–H and O–H groups in total. The number of hydrogen-bond donors (Lipinski definition) is 1. The minimum atomic E-state index is -0.725. The Hall–Kier alpha value is -0.220. The van der Waals surface area contributed by atoms with Crippen LogP contribution in [0.15, 0.2) is 0 Å². The number of carbonyl (C=O) groups is 1.